The Kier molecular flexibility index (Phi) is 5.73. The first-order valence-corrected chi connectivity index (χ1v) is 8.99. The lowest BCUT2D eigenvalue weighted by Gasteiger charge is -2.23. The second-order valence-corrected chi connectivity index (χ2v) is 7.72. The molecular formula is C13H22N2O3S2. The van der Waals surface area contributed by atoms with Gasteiger partial charge in [0.15, 0.2) is 0 Å². The smallest absolute Gasteiger partial charge is 0.263 e. The van der Waals surface area contributed by atoms with Crippen LogP contribution in [0.5, 0.6) is 0 Å². The van der Waals surface area contributed by atoms with Gasteiger partial charge < -0.3 is 4.90 Å². The molecule has 0 saturated heterocycles. The summed E-state index contributed by atoms with van der Waals surface area (Å²) in [7, 11) is -3.77. The summed E-state index contributed by atoms with van der Waals surface area (Å²) in [5.74, 6) is 0.286. The first-order valence-electron chi connectivity index (χ1n) is 6.63. The van der Waals surface area contributed by atoms with Crippen molar-refractivity contribution in [2.75, 3.05) is 13.1 Å². The third-order valence-corrected chi connectivity index (χ3v) is 5.49. The summed E-state index contributed by atoms with van der Waals surface area (Å²) in [6, 6.07) is 1.39. The molecule has 0 fully saturated rings. The molecule has 5 nitrogen and oxygen atoms in total. The van der Waals surface area contributed by atoms with Gasteiger partial charge in [0.1, 0.15) is 0 Å². The SMILES string of the molecule is CCC(C)CN(CC)C(=O)c1cc(S(N)(=O)=O)c(C)s1. The van der Waals surface area contributed by atoms with Gasteiger partial charge in [0.2, 0.25) is 10.0 Å². The minimum absolute atomic E-state index is 0.0467. The normalized spacial score (nSPS) is 13.2. The molecule has 1 amide bonds. The highest BCUT2D eigenvalue weighted by molar-refractivity contribution is 7.89. The maximum atomic E-state index is 12.4. The van der Waals surface area contributed by atoms with E-state index < -0.39 is 10.0 Å². The molecule has 0 radical (unpaired) electrons. The number of aryl methyl sites for hydroxylation is 1. The van der Waals surface area contributed by atoms with Crippen molar-refractivity contribution in [3.63, 3.8) is 0 Å². The number of primary sulfonamides is 1. The van der Waals surface area contributed by atoms with Crippen LogP contribution in [0.15, 0.2) is 11.0 Å². The fourth-order valence-corrected chi connectivity index (χ4v) is 3.98. The highest BCUT2D eigenvalue weighted by atomic mass is 32.2. The Bertz CT molecular complexity index is 578. The first kappa shape index (κ1) is 17.1. The summed E-state index contributed by atoms with van der Waals surface area (Å²) in [5, 5.41) is 5.14. The van der Waals surface area contributed by atoms with Crippen LogP contribution in [0.25, 0.3) is 0 Å². The van der Waals surface area contributed by atoms with Gasteiger partial charge in [-0.3, -0.25) is 4.79 Å². The largest absolute Gasteiger partial charge is 0.338 e. The minimum atomic E-state index is -3.77. The van der Waals surface area contributed by atoms with Gasteiger partial charge >= 0.3 is 0 Å². The van der Waals surface area contributed by atoms with Crippen LogP contribution in [0.4, 0.5) is 0 Å². The molecule has 7 heteroatoms. The summed E-state index contributed by atoms with van der Waals surface area (Å²) in [5.41, 5.74) is 0. The van der Waals surface area contributed by atoms with Gasteiger partial charge in [0.05, 0.1) is 9.77 Å². The summed E-state index contributed by atoms with van der Waals surface area (Å²) in [6.07, 6.45) is 0.996. The highest BCUT2D eigenvalue weighted by Gasteiger charge is 2.22. The van der Waals surface area contributed by atoms with E-state index in [2.05, 4.69) is 13.8 Å². The number of thiophene rings is 1. The average Bonchev–Trinajstić information content (AvgIpc) is 2.76. The molecule has 0 aliphatic rings. The van der Waals surface area contributed by atoms with E-state index in [9.17, 15) is 13.2 Å². The van der Waals surface area contributed by atoms with Crippen molar-refractivity contribution in [3.8, 4) is 0 Å². The van der Waals surface area contributed by atoms with Crippen LogP contribution in [-0.2, 0) is 10.0 Å². The number of carbonyl (C=O) groups excluding carboxylic acids is 1. The fourth-order valence-electron chi connectivity index (χ4n) is 1.87. The number of amides is 1. The third kappa shape index (κ3) is 4.04. The van der Waals surface area contributed by atoms with Crippen molar-refractivity contribution in [2.45, 2.75) is 39.0 Å². The molecule has 0 spiro atoms. The molecule has 114 valence electrons. The second-order valence-electron chi connectivity index (χ2n) is 4.93. The molecule has 0 saturated carbocycles. The standard InChI is InChI=1S/C13H22N2O3S2/c1-5-9(3)8-15(6-2)13(16)11-7-12(10(4)19-11)20(14,17)18/h7,9H,5-6,8H2,1-4H3,(H2,14,17,18). The predicted molar refractivity (Wildman–Crippen MR) is 81.5 cm³/mol. The Hall–Kier alpha value is -0.920. The van der Waals surface area contributed by atoms with Crippen LogP contribution < -0.4 is 5.14 Å². The van der Waals surface area contributed by atoms with Gasteiger partial charge in [-0.2, -0.15) is 0 Å². The van der Waals surface area contributed by atoms with Crippen LogP contribution >= 0.6 is 11.3 Å². The topological polar surface area (TPSA) is 80.5 Å². The number of carbonyl (C=O) groups is 1. The summed E-state index contributed by atoms with van der Waals surface area (Å²) < 4.78 is 22.8. The zero-order valence-electron chi connectivity index (χ0n) is 12.3. The molecule has 1 atom stereocenters. The van der Waals surface area contributed by atoms with Gasteiger partial charge in [0.25, 0.3) is 5.91 Å². The Balaban J connectivity index is 3.02. The number of rotatable bonds is 6. The van der Waals surface area contributed by atoms with E-state index in [1.807, 2.05) is 6.92 Å². The van der Waals surface area contributed by atoms with Crippen molar-refractivity contribution < 1.29 is 13.2 Å². The molecule has 20 heavy (non-hydrogen) atoms. The van der Waals surface area contributed by atoms with Gasteiger partial charge in [-0.15, -0.1) is 11.3 Å². The van der Waals surface area contributed by atoms with Crippen molar-refractivity contribution in [1.29, 1.82) is 0 Å². The van der Waals surface area contributed by atoms with E-state index in [0.717, 1.165) is 6.42 Å². The van der Waals surface area contributed by atoms with E-state index in [-0.39, 0.29) is 10.8 Å². The lowest BCUT2D eigenvalue weighted by atomic mass is 10.1. The van der Waals surface area contributed by atoms with Gasteiger partial charge in [0, 0.05) is 18.0 Å². The summed E-state index contributed by atoms with van der Waals surface area (Å²) in [4.78, 5) is 15.2. The van der Waals surface area contributed by atoms with Crippen LogP contribution in [0.3, 0.4) is 0 Å². The van der Waals surface area contributed by atoms with Crippen LogP contribution in [0, 0.1) is 12.8 Å². The van der Waals surface area contributed by atoms with Crippen molar-refractivity contribution in [2.24, 2.45) is 11.1 Å². The molecular weight excluding hydrogens is 296 g/mol. The molecule has 1 rings (SSSR count). The molecule has 1 aromatic rings. The van der Waals surface area contributed by atoms with Gasteiger partial charge in [-0.25, -0.2) is 13.6 Å². The second kappa shape index (κ2) is 6.69. The van der Waals surface area contributed by atoms with Crippen molar-refractivity contribution in [3.05, 3.63) is 15.8 Å². The number of hydrogen-bond acceptors (Lipinski definition) is 4. The highest BCUT2D eigenvalue weighted by Crippen LogP contribution is 2.26. The summed E-state index contributed by atoms with van der Waals surface area (Å²) in [6.45, 7) is 9.02. The maximum Gasteiger partial charge on any atom is 0.263 e. The van der Waals surface area contributed by atoms with E-state index in [4.69, 9.17) is 5.14 Å². The molecule has 0 aliphatic heterocycles. The number of hydrogen-bond donors (Lipinski definition) is 1. The van der Waals surface area contributed by atoms with E-state index in [1.165, 1.54) is 17.4 Å². The molecule has 1 heterocycles. The minimum Gasteiger partial charge on any atom is -0.338 e. The Morgan fingerprint density at radius 3 is 2.45 bits per heavy atom. The van der Waals surface area contributed by atoms with Crippen molar-refractivity contribution in [1.82, 2.24) is 4.90 Å². The van der Waals surface area contributed by atoms with Crippen LogP contribution in [-0.4, -0.2) is 32.3 Å². The molecule has 0 aliphatic carbocycles. The number of sulfonamides is 1. The third-order valence-electron chi connectivity index (χ3n) is 3.29. The molecule has 1 unspecified atom stereocenters. The Morgan fingerprint density at radius 2 is 2.05 bits per heavy atom. The zero-order chi connectivity index (χ0) is 15.5. The van der Waals surface area contributed by atoms with Crippen LogP contribution in [0.2, 0.25) is 0 Å². The maximum absolute atomic E-state index is 12.4. The predicted octanol–water partition coefficient (Wildman–Crippen LogP) is 2.21. The Labute approximate surface area is 124 Å². The lowest BCUT2D eigenvalue weighted by Crippen LogP contribution is -2.34. The number of nitrogens with zero attached hydrogens (tertiary/aromatic N) is 1. The van der Waals surface area contributed by atoms with Crippen LogP contribution in [0.1, 0.15) is 41.7 Å². The van der Waals surface area contributed by atoms with E-state index in [1.54, 1.807) is 11.8 Å². The Morgan fingerprint density at radius 1 is 1.45 bits per heavy atom. The van der Waals surface area contributed by atoms with Gasteiger partial charge in [-0.1, -0.05) is 20.3 Å². The number of nitrogens with two attached hydrogens (primary N) is 1. The average molecular weight is 318 g/mol. The first-order chi connectivity index (χ1) is 9.20. The zero-order valence-corrected chi connectivity index (χ0v) is 14.0. The fraction of sp³-hybridized carbons (Fsp3) is 0.615. The van der Waals surface area contributed by atoms with Gasteiger partial charge in [-0.05, 0) is 25.8 Å². The molecule has 0 bridgehead atoms. The monoisotopic (exact) mass is 318 g/mol. The van der Waals surface area contributed by atoms with Crippen molar-refractivity contribution >= 4 is 27.3 Å². The van der Waals surface area contributed by atoms with E-state index in [0.29, 0.717) is 28.8 Å². The summed E-state index contributed by atoms with van der Waals surface area (Å²) >= 11 is 1.18. The molecule has 2 N–H and O–H groups in total. The quantitative estimate of drug-likeness (QED) is 0.873. The molecule has 0 aromatic carbocycles. The van der Waals surface area contributed by atoms with E-state index >= 15 is 0 Å². The molecule has 1 aromatic heterocycles. The lowest BCUT2D eigenvalue weighted by molar-refractivity contribution is 0.0745.